The normalized spacial score (nSPS) is 13.4. The first-order chi connectivity index (χ1) is 13.8. The summed E-state index contributed by atoms with van der Waals surface area (Å²) >= 11 is 0. The maximum absolute atomic E-state index is 12.4. The van der Waals surface area contributed by atoms with E-state index >= 15 is 0 Å². The Morgan fingerprint density at radius 2 is 1.79 bits per heavy atom. The van der Waals surface area contributed by atoms with E-state index < -0.39 is 11.6 Å². The number of benzene rings is 2. The summed E-state index contributed by atoms with van der Waals surface area (Å²) in [6.07, 6.45) is 0.393. The van der Waals surface area contributed by atoms with Crippen molar-refractivity contribution in [2.75, 3.05) is 13.2 Å². The van der Waals surface area contributed by atoms with Crippen molar-refractivity contribution in [1.82, 2.24) is 4.90 Å². The van der Waals surface area contributed by atoms with Crippen LogP contribution in [0, 0.1) is 0 Å². The Bertz CT molecular complexity index is 857. The zero-order valence-electron chi connectivity index (χ0n) is 17.1. The van der Waals surface area contributed by atoms with Crippen molar-refractivity contribution in [3.63, 3.8) is 0 Å². The molecule has 1 heterocycles. The molecule has 0 aliphatic carbocycles. The summed E-state index contributed by atoms with van der Waals surface area (Å²) in [6, 6.07) is 15.3. The first-order valence-electron chi connectivity index (χ1n) is 9.72. The van der Waals surface area contributed by atoms with Gasteiger partial charge in [0.05, 0.1) is 0 Å². The van der Waals surface area contributed by atoms with Crippen LogP contribution in [0.5, 0.6) is 5.75 Å². The monoisotopic (exact) mass is 397 g/mol. The predicted molar refractivity (Wildman–Crippen MR) is 109 cm³/mol. The van der Waals surface area contributed by atoms with Gasteiger partial charge >= 0.3 is 12.1 Å². The summed E-state index contributed by atoms with van der Waals surface area (Å²) in [7, 11) is 0. The SMILES string of the molecule is CC(C)(C)OC(=O)COc1ccc2c(c1)CCN(C(=O)OCc1ccccc1)C2. The molecule has 2 aromatic rings. The Kier molecular flexibility index (Phi) is 6.42. The summed E-state index contributed by atoms with van der Waals surface area (Å²) in [5.41, 5.74) is 2.59. The summed E-state index contributed by atoms with van der Waals surface area (Å²) in [5, 5.41) is 0. The molecule has 0 saturated heterocycles. The van der Waals surface area contributed by atoms with Crippen LogP contribution in [0.15, 0.2) is 48.5 Å². The molecule has 1 aliphatic rings. The number of ether oxygens (including phenoxy) is 3. The molecule has 0 bridgehead atoms. The van der Waals surface area contributed by atoms with Gasteiger partial charge in [0.15, 0.2) is 6.61 Å². The molecule has 6 nitrogen and oxygen atoms in total. The van der Waals surface area contributed by atoms with Crippen LogP contribution in [0.25, 0.3) is 0 Å². The van der Waals surface area contributed by atoms with E-state index in [0.29, 0.717) is 25.3 Å². The molecule has 0 aromatic heterocycles. The van der Waals surface area contributed by atoms with Crippen molar-refractivity contribution in [3.05, 3.63) is 65.2 Å². The minimum Gasteiger partial charge on any atom is -0.482 e. The van der Waals surface area contributed by atoms with Crippen LogP contribution in [0.3, 0.4) is 0 Å². The molecule has 3 rings (SSSR count). The smallest absolute Gasteiger partial charge is 0.410 e. The number of rotatable bonds is 5. The Labute approximate surface area is 171 Å². The third kappa shape index (κ3) is 6.24. The molecular weight excluding hydrogens is 370 g/mol. The lowest BCUT2D eigenvalue weighted by Gasteiger charge is -2.28. The van der Waals surface area contributed by atoms with Crippen molar-refractivity contribution in [1.29, 1.82) is 0 Å². The van der Waals surface area contributed by atoms with Gasteiger partial charge in [-0.1, -0.05) is 36.4 Å². The zero-order valence-corrected chi connectivity index (χ0v) is 17.1. The second-order valence-corrected chi connectivity index (χ2v) is 8.02. The van der Waals surface area contributed by atoms with Gasteiger partial charge in [0.2, 0.25) is 0 Å². The van der Waals surface area contributed by atoms with E-state index in [2.05, 4.69) is 0 Å². The highest BCUT2D eigenvalue weighted by molar-refractivity contribution is 5.71. The van der Waals surface area contributed by atoms with E-state index in [1.54, 1.807) is 4.90 Å². The summed E-state index contributed by atoms with van der Waals surface area (Å²) in [5.74, 6) is 0.220. The molecular formula is C23H27NO5. The number of carbonyl (C=O) groups is 2. The number of nitrogens with zero attached hydrogens (tertiary/aromatic N) is 1. The van der Waals surface area contributed by atoms with Crippen LogP contribution in [0.2, 0.25) is 0 Å². The van der Waals surface area contributed by atoms with Crippen LogP contribution in [0.4, 0.5) is 4.79 Å². The maximum atomic E-state index is 12.4. The summed E-state index contributed by atoms with van der Waals surface area (Å²) in [6.45, 7) is 6.67. The summed E-state index contributed by atoms with van der Waals surface area (Å²) < 4.78 is 16.2. The number of esters is 1. The molecule has 1 amide bonds. The third-order valence-corrected chi connectivity index (χ3v) is 4.43. The second kappa shape index (κ2) is 8.99. The third-order valence-electron chi connectivity index (χ3n) is 4.43. The van der Waals surface area contributed by atoms with Crippen molar-refractivity contribution in [2.24, 2.45) is 0 Å². The van der Waals surface area contributed by atoms with Gasteiger partial charge in [0, 0.05) is 13.1 Å². The van der Waals surface area contributed by atoms with Gasteiger partial charge in [0.1, 0.15) is 18.0 Å². The molecule has 0 radical (unpaired) electrons. The molecule has 154 valence electrons. The molecule has 29 heavy (non-hydrogen) atoms. The van der Waals surface area contributed by atoms with E-state index in [-0.39, 0.29) is 19.3 Å². The first-order valence-corrected chi connectivity index (χ1v) is 9.72. The molecule has 0 fully saturated rings. The Morgan fingerprint density at radius 1 is 1.03 bits per heavy atom. The van der Waals surface area contributed by atoms with Gasteiger partial charge in [-0.2, -0.15) is 0 Å². The lowest BCUT2D eigenvalue weighted by Crippen LogP contribution is -2.36. The van der Waals surface area contributed by atoms with E-state index in [1.165, 1.54) is 0 Å². The number of fused-ring (bicyclic) bond motifs is 1. The Hall–Kier alpha value is -3.02. The lowest BCUT2D eigenvalue weighted by atomic mass is 10.00. The molecule has 0 N–H and O–H groups in total. The quantitative estimate of drug-likeness (QED) is 0.711. The fraction of sp³-hybridized carbons (Fsp3) is 0.391. The number of hydrogen-bond acceptors (Lipinski definition) is 5. The van der Waals surface area contributed by atoms with Gasteiger partial charge in [0.25, 0.3) is 0 Å². The Morgan fingerprint density at radius 3 is 2.52 bits per heavy atom. The number of hydrogen-bond donors (Lipinski definition) is 0. The molecule has 0 unspecified atom stereocenters. The number of carbonyl (C=O) groups excluding carboxylic acids is 2. The Balaban J connectivity index is 1.52. The van der Waals surface area contributed by atoms with E-state index in [4.69, 9.17) is 14.2 Å². The van der Waals surface area contributed by atoms with Crippen LogP contribution >= 0.6 is 0 Å². The van der Waals surface area contributed by atoms with E-state index in [9.17, 15) is 9.59 Å². The number of amides is 1. The van der Waals surface area contributed by atoms with Crippen LogP contribution in [-0.4, -0.2) is 35.7 Å². The molecule has 6 heteroatoms. The van der Waals surface area contributed by atoms with Crippen LogP contribution < -0.4 is 4.74 Å². The minimum atomic E-state index is -0.533. The standard InChI is InChI=1S/C23H27NO5/c1-23(2,3)29-21(25)16-27-20-10-9-19-14-24(12-11-18(19)13-20)22(26)28-15-17-7-5-4-6-8-17/h4-10,13H,11-12,14-16H2,1-3H3. The van der Waals surface area contributed by atoms with Crippen LogP contribution in [0.1, 0.15) is 37.5 Å². The fourth-order valence-electron chi connectivity index (χ4n) is 3.10. The first kappa shape index (κ1) is 20.7. The van der Waals surface area contributed by atoms with Crippen molar-refractivity contribution in [3.8, 4) is 5.75 Å². The van der Waals surface area contributed by atoms with Crippen molar-refractivity contribution < 1.29 is 23.8 Å². The molecule has 1 aliphatic heterocycles. The molecule has 0 atom stereocenters. The van der Waals surface area contributed by atoms with Crippen molar-refractivity contribution >= 4 is 12.1 Å². The highest BCUT2D eigenvalue weighted by Gasteiger charge is 2.22. The predicted octanol–water partition coefficient (Wildman–Crippen LogP) is 4.10. The van der Waals surface area contributed by atoms with Gasteiger partial charge in [-0.3, -0.25) is 0 Å². The van der Waals surface area contributed by atoms with Crippen molar-refractivity contribution in [2.45, 2.75) is 45.9 Å². The minimum absolute atomic E-state index is 0.131. The van der Waals surface area contributed by atoms with E-state index in [0.717, 1.165) is 16.7 Å². The molecule has 2 aromatic carbocycles. The molecule has 0 saturated carbocycles. The fourth-order valence-corrected chi connectivity index (χ4v) is 3.10. The highest BCUT2D eigenvalue weighted by Crippen LogP contribution is 2.24. The topological polar surface area (TPSA) is 65.1 Å². The van der Waals surface area contributed by atoms with Gasteiger partial charge in [-0.05, 0) is 56.0 Å². The lowest BCUT2D eigenvalue weighted by molar-refractivity contribution is -0.157. The van der Waals surface area contributed by atoms with Gasteiger partial charge in [-0.15, -0.1) is 0 Å². The zero-order chi connectivity index (χ0) is 20.9. The van der Waals surface area contributed by atoms with Gasteiger partial charge in [-0.25, -0.2) is 9.59 Å². The highest BCUT2D eigenvalue weighted by atomic mass is 16.6. The van der Waals surface area contributed by atoms with Gasteiger partial charge < -0.3 is 19.1 Å². The van der Waals surface area contributed by atoms with Crippen LogP contribution in [-0.2, 0) is 33.8 Å². The maximum Gasteiger partial charge on any atom is 0.410 e. The molecule has 0 spiro atoms. The average molecular weight is 397 g/mol. The summed E-state index contributed by atoms with van der Waals surface area (Å²) in [4.78, 5) is 25.9. The van der Waals surface area contributed by atoms with E-state index in [1.807, 2.05) is 69.3 Å². The largest absolute Gasteiger partial charge is 0.482 e. The second-order valence-electron chi connectivity index (χ2n) is 8.02. The average Bonchev–Trinajstić information content (AvgIpc) is 2.69.